The number of hydrogen-bond acceptors (Lipinski definition) is 7. The van der Waals surface area contributed by atoms with Crippen molar-refractivity contribution >= 4 is 25.2 Å². The highest BCUT2D eigenvalue weighted by molar-refractivity contribution is 6.76. The van der Waals surface area contributed by atoms with Crippen molar-refractivity contribution in [2.75, 3.05) is 6.61 Å². The van der Waals surface area contributed by atoms with Crippen LogP contribution in [0.25, 0.3) is 11.2 Å². The van der Waals surface area contributed by atoms with E-state index in [-0.39, 0.29) is 17.6 Å². The molecule has 2 aromatic rings. The monoisotopic (exact) mass is 470 g/mol. The van der Waals surface area contributed by atoms with Crippen LogP contribution in [0.5, 0.6) is 5.88 Å². The fourth-order valence-electron chi connectivity index (χ4n) is 4.06. The molecule has 0 spiro atoms. The maximum absolute atomic E-state index is 11.4. The first-order valence-electron chi connectivity index (χ1n) is 11.0. The quantitative estimate of drug-likeness (QED) is 0.218. The van der Waals surface area contributed by atoms with Gasteiger partial charge < -0.3 is 19.7 Å². The molecule has 176 valence electrons. The van der Waals surface area contributed by atoms with Crippen molar-refractivity contribution < 1.29 is 24.5 Å². The summed E-state index contributed by atoms with van der Waals surface area (Å²) >= 11 is 0. The van der Waals surface area contributed by atoms with E-state index in [2.05, 4.69) is 41.2 Å². The van der Waals surface area contributed by atoms with Crippen LogP contribution in [0.15, 0.2) is 48.5 Å². The van der Waals surface area contributed by atoms with Gasteiger partial charge in [-0.15, -0.1) is 0 Å². The van der Waals surface area contributed by atoms with Crippen molar-refractivity contribution in [3.8, 4) is 5.88 Å². The second-order valence-electron chi connectivity index (χ2n) is 10.0. The van der Waals surface area contributed by atoms with Gasteiger partial charge in [0, 0.05) is 20.6 Å². The van der Waals surface area contributed by atoms with Crippen LogP contribution in [-0.2, 0) is 16.3 Å². The van der Waals surface area contributed by atoms with Crippen molar-refractivity contribution in [1.82, 2.24) is 19.5 Å². The highest BCUT2D eigenvalue weighted by atomic mass is 28.3. The summed E-state index contributed by atoms with van der Waals surface area (Å²) in [6.07, 6.45) is 6.78. The molecule has 3 atom stereocenters. The molecule has 10 heteroatoms. The van der Waals surface area contributed by atoms with Crippen LogP contribution < -0.4 is 4.74 Å². The minimum atomic E-state index is -1.15. The van der Waals surface area contributed by atoms with Gasteiger partial charge in [-0.25, -0.2) is 9.97 Å². The normalized spacial score (nSPS) is 24.5. The number of allylic oxidation sites excluding steroid dienone is 4. The molecule has 0 unspecified atom stereocenters. The molecule has 0 radical (unpaired) electrons. The first kappa shape index (κ1) is 23.2. The molecule has 0 amide bonds. The number of ether oxygens (including phenoxy) is 2. The molecule has 9 nitrogen and oxygen atoms in total. The molecular formula is C23H30N4O5Si. The average molecular weight is 471 g/mol. The van der Waals surface area contributed by atoms with Crippen molar-refractivity contribution in [2.24, 2.45) is 17.3 Å². The molecule has 0 aromatic carbocycles. The molecule has 2 fully saturated rings. The van der Waals surface area contributed by atoms with E-state index >= 15 is 0 Å². The molecule has 2 aliphatic rings. The number of aliphatic carboxylic acids is 1. The Balaban J connectivity index is 1.38. The second kappa shape index (κ2) is 8.42. The lowest BCUT2D eigenvalue weighted by Crippen LogP contribution is -2.22. The zero-order valence-corrected chi connectivity index (χ0v) is 20.4. The fraction of sp³-hybridized carbons (Fsp3) is 0.478. The third kappa shape index (κ3) is 4.58. The molecule has 2 N–H and O–H groups in total. The Kier molecular flexibility index (Phi) is 5.91. The third-order valence-electron chi connectivity index (χ3n) is 6.34. The van der Waals surface area contributed by atoms with E-state index in [4.69, 9.17) is 9.47 Å². The SMILES string of the molecule is C=C(/C(O)=C\C=C(/C)Oc1ncnc2c1ncn2COCC[Si](C)(C)C)[C@@H]1[C@@H]2C[C@@]12C(=O)O. The van der Waals surface area contributed by atoms with Gasteiger partial charge in [-0.3, -0.25) is 9.36 Å². The number of fused-ring (bicyclic) bond motifs is 2. The maximum Gasteiger partial charge on any atom is 0.310 e. The molecule has 2 saturated carbocycles. The molecule has 4 rings (SSSR count). The van der Waals surface area contributed by atoms with Gasteiger partial charge >= 0.3 is 5.97 Å². The van der Waals surface area contributed by atoms with Gasteiger partial charge in [-0.1, -0.05) is 26.2 Å². The van der Waals surface area contributed by atoms with Gasteiger partial charge in [0.05, 0.1) is 11.7 Å². The van der Waals surface area contributed by atoms with Crippen molar-refractivity contribution in [1.29, 1.82) is 0 Å². The van der Waals surface area contributed by atoms with Crippen LogP contribution in [0.3, 0.4) is 0 Å². The van der Waals surface area contributed by atoms with E-state index in [1.54, 1.807) is 19.3 Å². The molecule has 0 saturated heterocycles. The van der Waals surface area contributed by atoms with Gasteiger partial charge in [0.1, 0.15) is 24.6 Å². The van der Waals surface area contributed by atoms with Crippen LogP contribution in [0.2, 0.25) is 25.7 Å². The van der Waals surface area contributed by atoms with E-state index in [9.17, 15) is 15.0 Å². The predicted molar refractivity (Wildman–Crippen MR) is 125 cm³/mol. The van der Waals surface area contributed by atoms with E-state index in [1.807, 2.05) is 4.57 Å². The molecule has 2 aromatic heterocycles. The van der Waals surface area contributed by atoms with Gasteiger partial charge in [0.25, 0.3) is 5.88 Å². The number of hydrogen-bond donors (Lipinski definition) is 2. The Morgan fingerprint density at radius 1 is 1.30 bits per heavy atom. The van der Waals surface area contributed by atoms with Gasteiger partial charge in [-0.2, -0.15) is 4.98 Å². The number of nitrogens with zero attached hydrogens (tertiary/aromatic N) is 4. The summed E-state index contributed by atoms with van der Waals surface area (Å²) in [5.41, 5.74) is 0.880. The van der Waals surface area contributed by atoms with Crippen molar-refractivity contribution in [3.63, 3.8) is 0 Å². The highest BCUT2D eigenvalue weighted by Crippen LogP contribution is 2.82. The molecule has 2 heterocycles. The Hall–Kier alpha value is -2.98. The predicted octanol–water partition coefficient (Wildman–Crippen LogP) is 4.14. The number of aliphatic hydroxyl groups is 1. The Morgan fingerprint density at radius 3 is 2.70 bits per heavy atom. The summed E-state index contributed by atoms with van der Waals surface area (Å²) in [4.78, 5) is 24.2. The maximum atomic E-state index is 11.4. The number of carboxylic acid groups (broad SMARTS) is 1. The Labute approximate surface area is 193 Å². The average Bonchev–Trinajstić information content (AvgIpc) is 3.57. The highest BCUT2D eigenvalue weighted by Gasteiger charge is 2.84. The lowest BCUT2D eigenvalue weighted by atomic mass is 9.96. The van der Waals surface area contributed by atoms with Crippen LogP contribution in [0, 0.1) is 17.3 Å². The summed E-state index contributed by atoms with van der Waals surface area (Å²) in [7, 11) is -1.15. The minimum absolute atomic E-state index is 0.0386. The summed E-state index contributed by atoms with van der Waals surface area (Å²) in [6.45, 7) is 13.6. The zero-order chi connectivity index (χ0) is 24.0. The van der Waals surface area contributed by atoms with Crippen molar-refractivity contribution in [2.45, 2.75) is 45.8 Å². The van der Waals surface area contributed by atoms with E-state index in [0.29, 0.717) is 48.1 Å². The van der Waals surface area contributed by atoms with Crippen LogP contribution in [0.1, 0.15) is 13.3 Å². The molecule has 2 aliphatic carbocycles. The lowest BCUT2D eigenvalue weighted by Gasteiger charge is -2.15. The van der Waals surface area contributed by atoms with E-state index < -0.39 is 19.5 Å². The van der Waals surface area contributed by atoms with E-state index in [0.717, 1.165) is 6.04 Å². The topological polar surface area (TPSA) is 120 Å². The number of aromatic nitrogens is 4. The zero-order valence-electron chi connectivity index (χ0n) is 19.4. The van der Waals surface area contributed by atoms with E-state index in [1.165, 1.54) is 12.4 Å². The first-order chi connectivity index (χ1) is 15.5. The number of carboxylic acids is 1. The lowest BCUT2D eigenvalue weighted by molar-refractivity contribution is -0.141. The summed E-state index contributed by atoms with van der Waals surface area (Å²) < 4.78 is 13.4. The molecule has 0 aliphatic heterocycles. The summed E-state index contributed by atoms with van der Waals surface area (Å²) in [6, 6.07) is 1.08. The number of carbonyl (C=O) groups is 1. The second-order valence-corrected chi connectivity index (χ2v) is 15.6. The van der Waals surface area contributed by atoms with Crippen LogP contribution in [-0.4, -0.2) is 50.4 Å². The summed E-state index contributed by atoms with van der Waals surface area (Å²) in [5.74, 6) is -0.153. The van der Waals surface area contributed by atoms with Crippen LogP contribution >= 0.6 is 0 Å². The van der Waals surface area contributed by atoms with Crippen LogP contribution in [0.4, 0.5) is 0 Å². The Bertz CT molecular complexity index is 1170. The fourth-order valence-corrected chi connectivity index (χ4v) is 4.82. The molecule has 0 bridgehead atoms. The first-order valence-corrected chi connectivity index (χ1v) is 14.7. The largest absolute Gasteiger partial charge is 0.508 e. The van der Waals surface area contributed by atoms with Gasteiger partial charge in [0.2, 0.25) is 0 Å². The number of rotatable bonds is 11. The summed E-state index contributed by atoms with van der Waals surface area (Å²) in [5, 5.41) is 19.6. The minimum Gasteiger partial charge on any atom is -0.508 e. The smallest absolute Gasteiger partial charge is 0.310 e. The van der Waals surface area contributed by atoms with Gasteiger partial charge in [-0.05, 0) is 43.0 Å². The number of aliphatic hydroxyl groups excluding tert-OH is 1. The van der Waals surface area contributed by atoms with Gasteiger partial charge in [0.15, 0.2) is 11.2 Å². The van der Waals surface area contributed by atoms with Crippen molar-refractivity contribution in [3.05, 3.63) is 48.5 Å². The third-order valence-corrected chi connectivity index (χ3v) is 8.04. The molecular weight excluding hydrogens is 440 g/mol. The standard InChI is InChI=1S/C23H30N4O5Si/c1-14(6-7-17(28)15(2)18-16-10-23(16,18)22(29)30)32-21-19-20(24-11-25-21)27(12-26-19)13-31-8-9-33(3,4)5/h6-7,11-12,16,18,28H,2,8-10,13H2,1,3-5H3,(H,29,30)/b14-6+,17-7+/t16-,18+,23-/m0/s1. The Morgan fingerprint density at radius 2 is 2.06 bits per heavy atom. The number of imidazole rings is 1. The molecule has 33 heavy (non-hydrogen) atoms.